The van der Waals surface area contributed by atoms with Gasteiger partial charge < -0.3 is 5.32 Å². The number of nitrogens with zero attached hydrogens (tertiary/aromatic N) is 3. The van der Waals surface area contributed by atoms with E-state index in [0.717, 1.165) is 5.56 Å². The maximum absolute atomic E-state index is 13.2. The second-order valence-electron chi connectivity index (χ2n) is 7.30. The number of halogens is 4. The third kappa shape index (κ3) is 5.06. The molecule has 0 bridgehead atoms. The number of aromatic nitrogens is 2. The molecule has 5 nitrogen and oxygen atoms in total. The zero-order valence-corrected chi connectivity index (χ0v) is 20.6. The summed E-state index contributed by atoms with van der Waals surface area (Å²) < 4.78 is 1.59. The van der Waals surface area contributed by atoms with Gasteiger partial charge in [-0.05, 0) is 42.0 Å². The second-order valence-corrected chi connectivity index (χ2v) is 8.99. The first-order valence-corrected chi connectivity index (χ1v) is 11.6. The molecule has 3 aromatic carbocycles. The fourth-order valence-corrected chi connectivity index (χ4v) is 4.32. The van der Waals surface area contributed by atoms with Gasteiger partial charge in [-0.3, -0.25) is 4.79 Å². The minimum absolute atomic E-state index is 0.0349. The molecule has 0 fully saturated rings. The lowest BCUT2D eigenvalue weighted by molar-refractivity contribution is 0.0944. The first-order chi connectivity index (χ1) is 16.4. The lowest BCUT2D eigenvalue weighted by Crippen LogP contribution is -2.24. The number of benzene rings is 3. The number of carbonyl (C=O) groups excluding carboxylic acids is 1. The van der Waals surface area contributed by atoms with E-state index in [9.17, 15) is 10.1 Å². The highest BCUT2D eigenvalue weighted by molar-refractivity contribution is 6.35. The first-order valence-electron chi connectivity index (χ1n) is 10.1. The molecule has 0 saturated carbocycles. The summed E-state index contributed by atoms with van der Waals surface area (Å²) in [5.74, 6) is -0.447. The van der Waals surface area contributed by atoms with Crippen molar-refractivity contribution in [2.24, 2.45) is 0 Å². The van der Waals surface area contributed by atoms with Crippen LogP contribution in [-0.2, 0) is 13.0 Å². The van der Waals surface area contributed by atoms with Crippen molar-refractivity contribution in [3.05, 3.63) is 104 Å². The van der Waals surface area contributed by atoms with Gasteiger partial charge in [0.1, 0.15) is 0 Å². The number of hydrogen-bond donors (Lipinski definition) is 1. The van der Waals surface area contributed by atoms with Gasteiger partial charge in [0.2, 0.25) is 0 Å². The smallest absolute Gasteiger partial charge is 0.272 e. The Bertz CT molecular complexity index is 1410. The summed E-state index contributed by atoms with van der Waals surface area (Å²) >= 11 is 24.7. The quantitative estimate of drug-likeness (QED) is 0.288. The number of hydrogen-bond acceptors (Lipinski definition) is 3. The summed E-state index contributed by atoms with van der Waals surface area (Å²) in [6.45, 7) is 0.163. The van der Waals surface area contributed by atoms with Gasteiger partial charge >= 0.3 is 0 Å². The Morgan fingerprint density at radius 1 is 0.941 bits per heavy atom. The highest BCUT2D eigenvalue weighted by Crippen LogP contribution is 2.33. The summed E-state index contributed by atoms with van der Waals surface area (Å²) in [7, 11) is 0. The molecule has 0 saturated heterocycles. The summed E-state index contributed by atoms with van der Waals surface area (Å²) in [6, 6.07) is 21.4. The summed E-state index contributed by atoms with van der Waals surface area (Å²) in [5, 5.41) is 18.9. The summed E-state index contributed by atoms with van der Waals surface area (Å²) in [5.41, 5.74) is 3.20. The van der Waals surface area contributed by atoms with Crippen LogP contribution in [0, 0.1) is 11.3 Å². The standard InChI is InChI=1S/C25H16Cl4N4O/c26-17-8-5-15(6-9-17)24-19(11-12-30)23(32-33(24)22-4-2-1-3-20(22)28)25(34)31-14-16-7-10-18(27)13-21(16)29/h1-10,13H,11,14H2,(H,31,34). The Morgan fingerprint density at radius 3 is 2.32 bits per heavy atom. The Hall–Kier alpha value is -3.01. The average molecular weight is 530 g/mol. The van der Waals surface area contributed by atoms with Crippen molar-refractivity contribution < 1.29 is 4.79 Å². The number of carbonyl (C=O) groups is 1. The molecular formula is C25H16Cl4N4O. The molecule has 9 heteroatoms. The van der Waals surface area contributed by atoms with Gasteiger partial charge in [0.05, 0.1) is 28.9 Å². The van der Waals surface area contributed by atoms with E-state index in [0.29, 0.717) is 42.6 Å². The van der Waals surface area contributed by atoms with Crippen molar-refractivity contribution in [1.82, 2.24) is 15.1 Å². The normalized spacial score (nSPS) is 10.7. The van der Waals surface area contributed by atoms with Crippen LogP contribution in [-0.4, -0.2) is 15.7 Å². The highest BCUT2D eigenvalue weighted by Gasteiger charge is 2.25. The highest BCUT2D eigenvalue weighted by atomic mass is 35.5. The first kappa shape index (κ1) is 24.1. The summed E-state index contributed by atoms with van der Waals surface area (Å²) in [4.78, 5) is 13.2. The number of rotatable bonds is 6. The van der Waals surface area contributed by atoms with E-state index >= 15 is 0 Å². The van der Waals surface area contributed by atoms with Crippen LogP contribution in [0.4, 0.5) is 0 Å². The van der Waals surface area contributed by atoms with Gasteiger partial charge in [0, 0.05) is 32.7 Å². The molecule has 0 spiro atoms. The molecule has 4 aromatic rings. The molecule has 0 aliphatic rings. The van der Waals surface area contributed by atoms with Gasteiger partial charge in [-0.2, -0.15) is 10.4 Å². The van der Waals surface area contributed by atoms with Gasteiger partial charge in [-0.15, -0.1) is 0 Å². The molecule has 4 rings (SSSR count). The third-order valence-corrected chi connectivity index (χ3v) is 6.27. The summed E-state index contributed by atoms with van der Waals surface area (Å²) in [6.07, 6.45) is -0.0349. The van der Waals surface area contributed by atoms with E-state index in [1.54, 1.807) is 53.2 Å². The molecule has 0 aliphatic heterocycles. The van der Waals surface area contributed by atoms with Crippen LogP contribution in [0.25, 0.3) is 16.9 Å². The van der Waals surface area contributed by atoms with E-state index in [1.165, 1.54) is 0 Å². The van der Waals surface area contributed by atoms with Crippen molar-refractivity contribution >= 4 is 52.3 Å². The Labute approximate surface area is 216 Å². The fourth-order valence-electron chi connectivity index (χ4n) is 3.51. The van der Waals surface area contributed by atoms with Gasteiger partial charge in [0.25, 0.3) is 5.91 Å². The van der Waals surface area contributed by atoms with Crippen molar-refractivity contribution in [3.8, 4) is 23.0 Å². The van der Waals surface area contributed by atoms with E-state index in [2.05, 4.69) is 16.5 Å². The molecule has 0 unspecified atom stereocenters. The van der Waals surface area contributed by atoms with E-state index in [1.807, 2.05) is 18.2 Å². The van der Waals surface area contributed by atoms with Crippen molar-refractivity contribution in [1.29, 1.82) is 5.26 Å². The van der Waals surface area contributed by atoms with Crippen LogP contribution in [0.5, 0.6) is 0 Å². The molecule has 1 amide bonds. The average Bonchev–Trinajstić information content (AvgIpc) is 3.18. The lowest BCUT2D eigenvalue weighted by atomic mass is 10.0. The predicted molar refractivity (Wildman–Crippen MR) is 136 cm³/mol. The van der Waals surface area contributed by atoms with Crippen LogP contribution in [0.15, 0.2) is 66.7 Å². The van der Waals surface area contributed by atoms with Crippen LogP contribution in [0.3, 0.4) is 0 Å². The number of nitriles is 1. The van der Waals surface area contributed by atoms with Crippen molar-refractivity contribution in [2.75, 3.05) is 0 Å². The number of para-hydroxylation sites is 1. The minimum atomic E-state index is -0.447. The topological polar surface area (TPSA) is 70.7 Å². The van der Waals surface area contributed by atoms with Crippen molar-refractivity contribution in [3.63, 3.8) is 0 Å². The second kappa shape index (κ2) is 10.5. The van der Waals surface area contributed by atoms with Gasteiger partial charge in [-0.25, -0.2) is 4.68 Å². The zero-order valence-electron chi connectivity index (χ0n) is 17.5. The molecule has 0 aliphatic carbocycles. The lowest BCUT2D eigenvalue weighted by Gasteiger charge is -2.10. The molecule has 0 radical (unpaired) electrons. The van der Waals surface area contributed by atoms with Crippen LogP contribution >= 0.6 is 46.4 Å². The SMILES string of the molecule is N#CCc1c(C(=O)NCc2ccc(Cl)cc2Cl)nn(-c2ccccc2Cl)c1-c1ccc(Cl)cc1. The molecular weight excluding hydrogens is 514 g/mol. The number of amides is 1. The Balaban J connectivity index is 1.81. The monoisotopic (exact) mass is 528 g/mol. The van der Waals surface area contributed by atoms with Gasteiger partial charge in [-0.1, -0.05) is 76.7 Å². The Morgan fingerprint density at radius 2 is 1.65 bits per heavy atom. The molecule has 1 heterocycles. The predicted octanol–water partition coefficient (Wildman–Crippen LogP) is 7.15. The molecule has 170 valence electrons. The molecule has 34 heavy (non-hydrogen) atoms. The van der Waals surface area contributed by atoms with E-state index < -0.39 is 5.91 Å². The maximum atomic E-state index is 13.2. The number of nitrogens with one attached hydrogen (secondary N) is 1. The minimum Gasteiger partial charge on any atom is -0.346 e. The van der Waals surface area contributed by atoms with E-state index in [-0.39, 0.29) is 18.7 Å². The molecule has 1 N–H and O–H groups in total. The van der Waals surface area contributed by atoms with Crippen LogP contribution in [0.1, 0.15) is 21.6 Å². The van der Waals surface area contributed by atoms with Crippen LogP contribution in [0.2, 0.25) is 20.1 Å². The van der Waals surface area contributed by atoms with Crippen molar-refractivity contribution in [2.45, 2.75) is 13.0 Å². The fraction of sp³-hybridized carbons (Fsp3) is 0.0800. The zero-order chi connectivity index (χ0) is 24.2. The van der Waals surface area contributed by atoms with Gasteiger partial charge in [0.15, 0.2) is 5.69 Å². The van der Waals surface area contributed by atoms with Crippen LogP contribution < -0.4 is 5.32 Å². The molecule has 0 atom stereocenters. The Kier molecular flexibility index (Phi) is 7.45. The third-order valence-electron chi connectivity index (χ3n) is 5.11. The molecule has 1 aromatic heterocycles. The largest absolute Gasteiger partial charge is 0.346 e. The maximum Gasteiger partial charge on any atom is 0.272 e. The van der Waals surface area contributed by atoms with E-state index in [4.69, 9.17) is 46.4 Å².